The first-order valence-electron chi connectivity index (χ1n) is 12.6. The minimum absolute atomic E-state index is 0. The fraction of sp³-hybridized carbons (Fsp3) is 0.462. The van der Waals surface area contributed by atoms with E-state index in [9.17, 15) is 4.79 Å². The summed E-state index contributed by atoms with van der Waals surface area (Å²) in [5.74, 6) is 3.75. The smallest absolute Gasteiger partial charge is 0.224 e. The molecule has 2 fully saturated rings. The van der Waals surface area contributed by atoms with Gasteiger partial charge in [0, 0.05) is 69.9 Å². The molecule has 1 aromatic carbocycles. The summed E-state index contributed by atoms with van der Waals surface area (Å²) in [5, 5.41) is 14.2. The van der Waals surface area contributed by atoms with Crippen molar-refractivity contribution in [1.29, 1.82) is 0 Å². The van der Waals surface area contributed by atoms with Crippen molar-refractivity contribution in [3.63, 3.8) is 0 Å². The second-order valence-corrected chi connectivity index (χ2v) is 11.0. The van der Waals surface area contributed by atoms with Crippen molar-refractivity contribution in [2.24, 2.45) is 11.8 Å². The molecule has 2 saturated heterocycles. The zero-order chi connectivity index (χ0) is 25.2. The Morgan fingerprint density at radius 1 is 1.11 bits per heavy atom. The first-order valence-corrected chi connectivity index (χ1v) is 13.4. The second-order valence-electron chi connectivity index (χ2n) is 9.96. The van der Waals surface area contributed by atoms with Gasteiger partial charge in [0.1, 0.15) is 11.6 Å². The van der Waals surface area contributed by atoms with Gasteiger partial charge in [-0.2, -0.15) is 5.10 Å². The van der Waals surface area contributed by atoms with Gasteiger partial charge in [-0.25, -0.2) is 9.97 Å². The van der Waals surface area contributed by atoms with Crippen LogP contribution in [0.3, 0.4) is 0 Å². The quantitative estimate of drug-likeness (QED) is 0.363. The average Bonchev–Trinajstić information content (AvgIpc) is 3.55. The molecule has 3 aromatic rings. The number of H-pyrrole nitrogens is 1. The Hall–Kier alpha value is -3.11. The molecule has 2 aliphatic heterocycles. The molecule has 10 heteroatoms. The maximum Gasteiger partial charge on any atom is 0.224 e. The van der Waals surface area contributed by atoms with Crippen LogP contribution in [-0.4, -0.2) is 63.2 Å². The van der Waals surface area contributed by atoms with E-state index in [1.165, 1.54) is 11.8 Å². The lowest BCUT2D eigenvalue weighted by Crippen LogP contribution is -2.33. The number of aromatic amines is 1. The molecule has 36 heavy (non-hydrogen) atoms. The third-order valence-electron chi connectivity index (χ3n) is 6.89. The van der Waals surface area contributed by atoms with Gasteiger partial charge in [0.05, 0.1) is 0 Å². The van der Waals surface area contributed by atoms with E-state index in [1.54, 1.807) is 0 Å². The van der Waals surface area contributed by atoms with Crippen molar-refractivity contribution in [2.75, 3.05) is 41.7 Å². The summed E-state index contributed by atoms with van der Waals surface area (Å²) in [6.45, 7) is 12.7. The zero-order valence-corrected chi connectivity index (χ0v) is 22.1. The van der Waals surface area contributed by atoms with Gasteiger partial charge in [-0.05, 0) is 68.6 Å². The lowest BCUT2D eigenvalue weighted by molar-refractivity contribution is -0.115. The summed E-state index contributed by atoms with van der Waals surface area (Å²) < 4.78 is 0. The molecule has 2 atom stereocenters. The number of nitrogens with zero attached hydrogens (tertiary/aromatic N) is 5. The molecule has 9 nitrogen and oxygen atoms in total. The van der Waals surface area contributed by atoms with Crippen molar-refractivity contribution >= 4 is 40.8 Å². The van der Waals surface area contributed by atoms with Gasteiger partial charge in [-0.15, -0.1) is 0 Å². The van der Waals surface area contributed by atoms with Crippen molar-refractivity contribution in [3.05, 3.63) is 42.1 Å². The molecule has 1 amide bonds. The number of aromatic nitrogens is 4. The van der Waals surface area contributed by atoms with Crippen LogP contribution >= 0.6 is 11.8 Å². The molecule has 2 unspecified atom stereocenters. The molecular weight excluding hydrogens is 472 g/mol. The molecule has 2 aliphatic rings. The Morgan fingerprint density at radius 2 is 1.83 bits per heavy atom. The molecule has 0 saturated carbocycles. The van der Waals surface area contributed by atoms with Gasteiger partial charge >= 0.3 is 0 Å². The van der Waals surface area contributed by atoms with Crippen LogP contribution in [0.5, 0.6) is 0 Å². The predicted octanol–water partition coefficient (Wildman–Crippen LogP) is 5.02. The number of hydrogen-bond acceptors (Lipinski definition) is 8. The van der Waals surface area contributed by atoms with Gasteiger partial charge in [0.15, 0.2) is 11.0 Å². The van der Waals surface area contributed by atoms with Crippen LogP contribution in [0.15, 0.2) is 46.5 Å². The summed E-state index contributed by atoms with van der Waals surface area (Å²) >= 11 is 1.51. The van der Waals surface area contributed by atoms with Crippen LogP contribution in [0.1, 0.15) is 35.7 Å². The van der Waals surface area contributed by atoms with Crippen molar-refractivity contribution < 1.29 is 7.65 Å². The highest BCUT2D eigenvalue weighted by Gasteiger charge is 2.41. The van der Waals surface area contributed by atoms with E-state index in [1.807, 2.05) is 50.2 Å². The Balaban J connectivity index is 0.00000200. The highest BCUT2D eigenvalue weighted by Crippen LogP contribution is 2.36. The summed E-state index contributed by atoms with van der Waals surface area (Å²) in [7, 11) is 0. The van der Waals surface area contributed by atoms with E-state index >= 15 is 0 Å². The number of likely N-dealkylation sites (tertiary alicyclic amines) is 1. The topological polar surface area (TPSA) is 102 Å². The average molecular weight is 511 g/mol. The van der Waals surface area contributed by atoms with Crippen LogP contribution in [0.2, 0.25) is 0 Å². The van der Waals surface area contributed by atoms with Gasteiger partial charge in [-0.3, -0.25) is 9.89 Å². The van der Waals surface area contributed by atoms with Gasteiger partial charge < -0.3 is 20.4 Å². The SMILES string of the molecule is CCC(=O)Nc1ccc(Sc2nc(Nc3cc(C)[nH]n3)cc(N3CC4CN(C(C)C)CC4C3)n2)cc1.[HH].[HH]. The lowest BCUT2D eigenvalue weighted by atomic mass is 10.0. The van der Waals surface area contributed by atoms with Crippen LogP contribution in [0.25, 0.3) is 0 Å². The van der Waals surface area contributed by atoms with Crippen molar-refractivity contribution in [2.45, 2.75) is 50.2 Å². The number of aryl methyl sites for hydroxylation is 1. The largest absolute Gasteiger partial charge is 0.356 e. The van der Waals surface area contributed by atoms with Crippen molar-refractivity contribution in [1.82, 2.24) is 25.1 Å². The number of anilines is 4. The van der Waals surface area contributed by atoms with E-state index in [0.717, 1.165) is 59.9 Å². The molecule has 0 spiro atoms. The number of amides is 1. The molecule has 5 rings (SSSR count). The van der Waals surface area contributed by atoms with E-state index in [2.05, 4.69) is 44.5 Å². The zero-order valence-electron chi connectivity index (χ0n) is 21.3. The van der Waals surface area contributed by atoms with Crippen LogP contribution in [0.4, 0.5) is 23.1 Å². The molecule has 194 valence electrons. The highest BCUT2D eigenvalue weighted by molar-refractivity contribution is 7.99. The first kappa shape index (κ1) is 24.6. The van der Waals surface area contributed by atoms with E-state index in [-0.39, 0.29) is 8.76 Å². The van der Waals surface area contributed by atoms with Crippen LogP contribution in [0, 0.1) is 18.8 Å². The number of carbonyl (C=O) groups excluding carboxylic acids is 1. The van der Waals surface area contributed by atoms with Gasteiger partial charge in [0.25, 0.3) is 0 Å². The Bertz CT molecular complexity index is 1210. The predicted molar refractivity (Wildman–Crippen MR) is 148 cm³/mol. The van der Waals surface area contributed by atoms with Gasteiger partial charge in [0.2, 0.25) is 5.91 Å². The van der Waals surface area contributed by atoms with Crippen LogP contribution < -0.4 is 15.5 Å². The third-order valence-corrected chi connectivity index (χ3v) is 7.76. The molecule has 2 aromatic heterocycles. The number of nitrogens with one attached hydrogen (secondary N) is 3. The molecule has 3 N–H and O–H groups in total. The molecule has 0 aliphatic carbocycles. The number of fused-ring (bicyclic) bond motifs is 1. The highest BCUT2D eigenvalue weighted by atomic mass is 32.2. The molecule has 4 heterocycles. The van der Waals surface area contributed by atoms with E-state index in [4.69, 9.17) is 9.97 Å². The Kier molecular flexibility index (Phi) is 7.15. The normalized spacial score (nSPS) is 19.6. The lowest BCUT2D eigenvalue weighted by Gasteiger charge is -2.25. The number of carbonyl (C=O) groups is 1. The van der Waals surface area contributed by atoms with Gasteiger partial charge in [-0.1, -0.05) is 6.92 Å². The summed E-state index contributed by atoms with van der Waals surface area (Å²) in [6, 6.07) is 12.4. The molecule has 0 bridgehead atoms. The Labute approximate surface area is 219 Å². The van der Waals surface area contributed by atoms with E-state index in [0.29, 0.717) is 29.5 Å². The fourth-order valence-electron chi connectivity index (χ4n) is 4.90. The third kappa shape index (κ3) is 5.65. The standard InChI is InChI=1S/C26H34N8OS.2H2/c1-5-25(35)27-20-6-8-21(9-7-20)36-26-29-22(28-23-10-17(4)31-32-23)11-24(30-26)34-14-18-12-33(16(2)3)13-19(18)15-34;;/h6-11,16,18-19H,5,12-15H2,1-4H3,(H,27,35)(H2,28,29,30,31,32);2*1H. The fourth-order valence-corrected chi connectivity index (χ4v) is 5.66. The monoisotopic (exact) mass is 510 g/mol. The second kappa shape index (κ2) is 10.5. The minimum Gasteiger partial charge on any atom is -0.356 e. The summed E-state index contributed by atoms with van der Waals surface area (Å²) in [4.78, 5) is 27.4. The maximum atomic E-state index is 11.7. The van der Waals surface area contributed by atoms with E-state index < -0.39 is 0 Å². The van der Waals surface area contributed by atoms with Crippen LogP contribution in [-0.2, 0) is 4.79 Å². The Morgan fingerprint density at radius 3 is 2.44 bits per heavy atom. The summed E-state index contributed by atoms with van der Waals surface area (Å²) in [6.07, 6.45) is 0.455. The first-order chi connectivity index (χ1) is 17.4. The molecular formula is C26H38N8OS. The molecule has 0 radical (unpaired) electrons. The summed E-state index contributed by atoms with van der Waals surface area (Å²) in [5.41, 5.74) is 1.77. The maximum absolute atomic E-state index is 11.7. The minimum atomic E-state index is 0. The number of benzene rings is 1. The van der Waals surface area contributed by atoms with Crippen molar-refractivity contribution in [3.8, 4) is 0 Å². The number of rotatable bonds is 8. The number of hydrogen-bond donors (Lipinski definition) is 3.